The van der Waals surface area contributed by atoms with Crippen LogP contribution in [0.3, 0.4) is 0 Å². The van der Waals surface area contributed by atoms with Crippen LogP contribution in [0.5, 0.6) is 0 Å². The second-order valence-corrected chi connectivity index (χ2v) is 7.03. The minimum atomic E-state index is -0.169. The molecule has 0 aliphatic carbocycles. The van der Waals surface area contributed by atoms with E-state index in [0.29, 0.717) is 12.1 Å². The van der Waals surface area contributed by atoms with Crippen LogP contribution in [0, 0.1) is 0 Å². The number of rotatable bonds is 8. The van der Waals surface area contributed by atoms with Crippen molar-refractivity contribution >= 4 is 11.8 Å². The summed E-state index contributed by atoms with van der Waals surface area (Å²) in [7, 11) is 0. The number of nitrogens with one attached hydrogen (secondary N) is 2. The average Bonchev–Trinajstić information content (AvgIpc) is 2.76. The lowest BCUT2D eigenvalue weighted by molar-refractivity contribution is -0.121. The topological polar surface area (TPSA) is 58.2 Å². The minimum Gasteiger partial charge on any atom is -0.353 e. The Kier molecular flexibility index (Phi) is 7.17. The Balaban J connectivity index is 1.58. The van der Waals surface area contributed by atoms with E-state index in [-0.39, 0.29) is 30.2 Å². The molecule has 0 aromatic heterocycles. The quantitative estimate of drug-likeness (QED) is 0.611. The van der Waals surface area contributed by atoms with Crippen molar-refractivity contribution in [1.29, 1.82) is 0 Å². The highest BCUT2D eigenvalue weighted by Gasteiger charge is 2.22. The van der Waals surface area contributed by atoms with Gasteiger partial charge in [-0.1, -0.05) is 78.9 Å². The zero-order chi connectivity index (χ0) is 20.5. The Bertz CT molecular complexity index is 872. The van der Waals surface area contributed by atoms with Gasteiger partial charge in [-0.05, 0) is 30.2 Å². The van der Waals surface area contributed by atoms with E-state index in [2.05, 4.69) is 34.9 Å². The summed E-state index contributed by atoms with van der Waals surface area (Å²) in [6, 6.07) is 29.3. The predicted octanol–water partition coefficient (Wildman–Crippen LogP) is 4.14. The van der Waals surface area contributed by atoms with E-state index in [9.17, 15) is 9.59 Å². The standard InChI is InChI=1S/C25H26N2O2/c1-19(24(20-11-5-2-6-12-20)21-13-7-3-8-14-21)27-23(28)17-18-26-25(29)22-15-9-4-10-16-22/h2-16,19,24H,17-18H2,1H3,(H,26,29)(H,27,28). The normalized spacial score (nSPS) is 11.7. The van der Waals surface area contributed by atoms with Gasteiger partial charge in [-0.2, -0.15) is 0 Å². The summed E-state index contributed by atoms with van der Waals surface area (Å²) in [6.45, 7) is 2.32. The molecular weight excluding hydrogens is 360 g/mol. The molecule has 0 saturated heterocycles. The third kappa shape index (κ3) is 5.79. The average molecular weight is 386 g/mol. The van der Waals surface area contributed by atoms with Crippen molar-refractivity contribution in [1.82, 2.24) is 10.6 Å². The van der Waals surface area contributed by atoms with Gasteiger partial charge < -0.3 is 10.6 Å². The van der Waals surface area contributed by atoms with Crippen molar-refractivity contribution < 1.29 is 9.59 Å². The zero-order valence-corrected chi connectivity index (χ0v) is 16.5. The molecule has 29 heavy (non-hydrogen) atoms. The molecule has 0 spiro atoms. The first kappa shape index (κ1) is 20.3. The van der Waals surface area contributed by atoms with Gasteiger partial charge in [-0.25, -0.2) is 0 Å². The first-order chi connectivity index (χ1) is 14.1. The van der Waals surface area contributed by atoms with Gasteiger partial charge in [-0.3, -0.25) is 9.59 Å². The summed E-state index contributed by atoms with van der Waals surface area (Å²) in [5.41, 5.74) is 2.90. The molecule has 0 aliphatic rings. The third-order valence-electron chi connectivity index (χ3n) is 4.88. The van der Waals surface area contributed by atoms with Crippen molar-refractivity contribution in [2.24, 2.45) is 0 Å². The number of amides is 2. The van der Waals surface area contributed by atoms with Crippen LogP contribution in [0.4, 0.5) is 0 Å². The molecule has 0 heterocycles. The highest BCUT2D eigenvalue weighted by molar-refractivity contribution is 5.94. The van der Waals surface area contributed by atoms with Crippen molar-refractivity contribution in [3.05, 3.63) is 108 Å². The number of carbonyl (C=O) groups is 2. The summed E-state index contributed by atoms with van der Waals surface area (Å²) in [5, 5.41) is 5.90. The summed E-state index contributed by atoms with van der Waals surface area (Å²) in [5.74, 6) is -0.194. The van der Waals surface area contributed by atoms with E-state index in [4.69, 9.17) is 0 Å². The second-order valence-electron chi connectivity index (χ2n) is 7.03. The Labute approximate surface area is 172 Å². The fraction of sp³-hybridized carbons (Fsp3) is 0.200. The maximum absolute atomic E-state index is 12.5. The highest BCUT2D eigenvalue weighted by atomic mass is 16.2. The van der Waals surface area contributed by atoms with Crippen LogP contribution in [-0.4, -0.2) is 24.4 Å². The molecule has 0 aliphatic heterocycles. The zero-order valence-electron chi connectivity index (χ0n) is 16.5. The van der Waals surface area contributed by atoms with Gasteiger partial charge in [0.25, 0.3) is 5.91 Å². The van der Waals surface area contributed by atoms with Crippen LogP contribution in [0.2, 0.25) is 0 Å². The molecule has 1 unspecified atom stereocenters. The molecule has 0 saturated carbocycles. The van der Waals surface area contributed by atoms with E-state index in [1.807, 2.05) is 61.5 Å². The van der Waals surface area contributed by atoms with Gasteiger partial charge in [0.1, 0.15) is 0 Å². The summed E-state index contributed by atoms with van der Waals surface area (Å²) in [6.07, 6.45) is 0.235. The first-order valence-electron chi connectivity index (χ1n) is 9.87. The maximum Gasteiger partial charge on any atom is 0.251 e. The van der Waals surface area contributed by atoms with Crippen molar-refractivity contribution in [3.63, 3.8) is 0 Å². The van der Waals surface area contributed by atoms with Crippen LogP contribution >= 0.6 is 0 Å². The van der Waals surface area contributed by atoms with Crippen LogP contribution < -0.4 is 10.6 Å². The molecule has 3 rings (SSSR count). The van der Waals surface area contributed by atoms with Gasteiger partial charge in [0.2, 0.25) is 5.91 Å². The lowest BCUT2D eigenvalue weighted by Crippen LogP contribution is -2.39. The van der Waals surface area contributed by atoms with Crippen LogP contribution in [0.1, 0.15) is 40.7 Å². The lowest BCUT2D eigenvalue weighted by atomic mass is 9.86. The SMILES string of the molecule is CC(NC(=O)CCNC(=O)c1ccccc1)C(c1ccccc1)c1ccccc1. The molecule has 4 heteroatoms. The number of carbonyl (C=O) groups excluding carboxylic acids is 2. The lowest BCUT2D eigenvalue weighted by Gasteiger charge is -2.26. The fourth-order valence-electron chi connectivity index (χ4n) is 3.48. The molecule has 4 nitrogen and oxygen atoms in total. The molecule has 2 N–H and O–H groups in total. The largest absolute Gasteiger partial charge is 0.353 e. The van der Waals surface area contributed by atoms with Gasteiger partial charge >= 0.3 is 0 Å². The summed E-state index contributed by atoms with van der Waals surface area (Å²) >= 11 is 0. The Morgan fingerprint density at radius 3 is 1.76 bits per heavy atom. The molecule has 1 atom stereocenters. The van der Waals surface area contributed by atoms with Crippen molar-refractivity contribution in [3.8, 4) is 0 Å². The smallest absolute Gasteiger partial charge is 0.251 e. The minimum absolute atomic E-state index is 0.0558. The fourth-order valence-corrected chi connectivity index (χ4v) is 3.48. The highest BCUT2D eigenvalue weighted by Crippen LogP contribution is 2.27. The monoisotopic (exact) mass is 386 g/mol. The van der Waals surface area contributed by atoms with E-state index in [1.54, 1.807) is 12.1 Å². The Morgan fingerprint density at radius 2 is 1.24 bits per heavy atom. The summed E-state index contributed by atoms with van der Waals surface area (Å²) < 4.78 is 0. The molecule has 148 valence electrons. The molecule has 3 aromatic rings. The Morgan fingerprint density at radius 1 is 0.759 bits per heavy atom. The van der Waals surface area contributed by atoms with Crippen LogP contribution in [-0.2, 0) is 4.79 Å². The van der Waals surface area contributed by atoms with Crippen LogP contribution in [0.25, 0.3) is 0 Å². The molecule has 2 amide bonds. The van der Waals surface area contributed by atoms with E-state index >= 15 is 0 Å². The van der Waals surface area contributed by atoms with Gasteiger partial charge in [0.05, 0.1) is 0 Å². The second kappa shape index (κ2) is 10.2. The Hall–Kier alpha value is -3.40. The van der Waals surface area contributed by atoms with Crippen molar-refractivity contribution in [2.75, 3.05) is 6.54 Å². The number of benzene rings is 3. The van der Waals surface area contributed by atoms with Crippen molar-refractivity contribution in [2.45, 2.75) is 25.3 Å². The molecule has 0 fully saturated rings. The molecular formula is C25H26N2O2. The van der Waals surface area contributed by atoms with Gasteiger partial charge in [-0.15, -0.1) is 0 Å². The van der Waals surface area contributed by atoms with E-state index in [0.717, 1.165) is 11.1 Å². The maximum atomic E-state index is 12.5. The van der Waals surface area contributed by atoms with E-state index < -0.39 is 0 Å². The number of hydrogen-bond acceptors (Lipinski definition) is 2. The third-order valence-corrected chi connectivity index (χ3v) is 4.88. The van der Waals surface area contributed by atoms with Crippen LogP contribution in [0.15, 0.2) is 91.0 Å². The van der Waals surface area contributed by atoms with Gasteiger partial charge in [0.15, 0.2) is 0 Å². The first-order valence-corrected chi connectivity index (χ1v) is 9.87. The number of hydrogen-bond donors (Lipinski definition) is 2. The predicted molar refractivity (Wildman–Crippen MR) is 116 cm³/mol. The summed E-state index contributed by atoms with van der Waals surface area (Å²) in [4.78, 5) is 24.6. The molecule has 0 radical (unpaired) electrons. The van der Waals surface area contributed by atoms with Gasteiger partial charge in [0, 0.05) is 30.5 Å². The molecule has 3 aromatic carbocycles. The van der Waals surface area contributed by atoms with E-state index in [1.165, 1.54) is 0 Å². The molecule has 0 bridgehead atoms.